The van der Waals surface area contributed by atoms with Gasteiger partial charge < -0.3 is 4.42 Å². The van der Waals surface area contributed by atoms with Crippen LogP contribution in [0.1, 0.15) is 12.2 Å². The molecule has 4 aliphatic carbocycles. The van der Waals surface area contributed by atoms with Crippen LogP contribution in [0.25, 0.3) is 11.3 Å². The highest BCUT2D eigenvalue weighted by Gasteiger charge is 2.67. The van der Waals surface area contributed by atoms with Gasteiger partial charge in [0.25, 0.3) is 17.5 Å². The molecule has 0 unspecified atom stereocenters. The lowest BCUT2D eigenvalue weighted by atomic mass is 9.63. The van der Waals surface area contributed by atoms with Crippen molar-refractivity contribution >= 4 is 35.3 Å². The Morgan fingerprint density at radius 1 is 1.10 bits per heavy atom. The fraction of sp³-hybridized carbons (Fsp3) is 0.318. The van der Waals surface area contributed by atoms with Gasteiger partial charge in [-0.15, -0.1) is 0 Å². The highest BCUT2D eigenvalue weighted by Crippen LogP contribution is 2.65. The van der Waals surface area contributed by atoms with E-state index in [1.165, 1.54) is 24.4 Å². The van der Waals surface area contributed by atoms with Crippen LogP contribution < -0.4 is 0 Å². The topological polar surface area (TPSA) is 106 Å². The first kappa shape index (κ1) is 18.5. The molecule has 1 aliphatic heterocycles. The molecule has 31 heavy (non-hydrogen) atoms. The Morgan fingerprint density at radius 2 is 1.77 bits per heavy atom. The quantitative estimate of drug-likeness (QED) is 0.237. The van der Waals surface area contributed by atoms with E-state index in [0.29, 0.717) is 33.9 Å². The minimum atomic E-state index is -0.513. The fourth-order valence-corrected chi connectivity index (χ4v) is 5.76. The van der Waals surface area contributed by atoms with E-state index in [2.05, 4.69) is 17.3 Å². The summed E-state index contributed by atoms with van der Waals surface area (Å²) in [6, 6.07) is 7.28. The zero-order valence-electron chi connectivity index (χ0n) is 16.1. The first-order valence-corrected chi connectivity index (χ1v) is 10.5. The molecule has 3 fully saturated rings. The first-order chi connectivity index (χ1) is 14.9. The van der Waals surface area contributed by atoms with E-state index in [0.717, 1.165) is 11.4 Å². The third kappa shape index (κ3) is 2.64. The summed E-state index contributed by atoms with van der Waals surface area (Å²) in [5.41, 5.74) is 0.264. The van der Waals surface area contributed by atoms with Crippen molar-refractivity contribution in [3.8, 4) is 11.3 Å². The molecule has 1 saturated heterocycles. The van der Waals surface area contributed by atoms with Gasteiger partial charge in [-0.05, 0) is 48.3 Å². The van der Waals surface area contributed by atoms with Gasteiger partial charge in [-0.25, -0.2) is 0 Å². The van der Waals surface area contributed by atoms with Gasteiger partial charge in [0.2, 0.25) is 0 Å². The number of non-ortho nitro benzene ring substituents is 1. The number of imide groups is 1. The molecule has 9 heteroatoms. The van der Waals surface area contributed by atoms with Crippen LogP contribution in [0, 0.1) is 45.6 Å². The number of halogens is 1. The molecule has 2 heterocycles. The number of furan rings is 1. The average molecular weight is 438 g/mol. The molecule has 2 amide bonds. The smallest absolute Gasteiger partial charge is 0.270 e. The van der Waals surface area contributed by atoms with Crippen molar-refractivity contribution in [1.29, 1.82) is 0 Å². The van der Waals surface area contributed by atoms with Crippen molar-refractivity contribution in [2.45, 2.75) is 6.42 Å². The largest absolute Gasteiger partial charge is 0.455 e. The van der Waals surface area contributed by atoms with E-state index in [-0.39, 0.29) is 41.2 Å². The lowest BCUT2D eigenvalue weighted by Gasteiger charge is -2.37. The van der Waals surface area contributed by atoms with Gasteiger partial charge in [-0.3, -0.25) is 19.7 Å². The minimum Gasteiger partial charge on any atom is -0.455 e. The zero-order valence-corrected chi connectivity index (χ0v) is 16.8. The third-order valence-electron chi connectivity index (χ3n) is 6.99. The summed E-state index contributed by atoms with van der Waals surface area (Å²) in [5.74, 6) is 0.869. The van der Waals surface area contributed by atoms with Crippen LogP contribution >= 0.6 is 11.6 Å². The van der Waals surface area contributed by atoms with E-state index in [4.69, 9.17) is 16.0 Å². The molecule has 0 N–H and O–H groups in total. The number of hydrogen-bond acceptors (Lipinski definition) is 6. The van der Waals surface area contributed by atoms with Crippen LogP contribution in [0.2, 0.25) is 5.02 Å². The van der Waals surface area contributed by atoms with Gasteiger partial charge in [0, 0.05) is 17.7 Å². The second-order valence-corrected chi connectivity index (χ2v) is 8.92. The molecule has 2 saturated carbocycles. The molecule has 2 aromatic rings. The van der Waals surface area contributed by atoms with Crippen LogP contribution in [0.3, 0.4) is 0 Å². The molecule has 7 rings (SSSR count). The number of benzene rings is 1. The van der Waals surface area contributed by atoms with E-state index in [1.54, 1.807) is 12.1 Å². The monoisotopic (exact) mass is 437 g/mol. The highest BCUT2D eigenvalue weighted by atomic mass is 35.5. The van der Waals surface area contributed by atoms with Crippen molar-refractivity contribution in [2.24, 2.45) is 40.6 Å². The number of hydrogen-bond donors (Lipinski definition) is 0. The summed E-state index contributed by atoms with van der Waals surface area (Å²) in [7, 11) is 0. The average Bonchev–Trinajstić information content (AvgIpc) is 3.40. The van der Waals surface area contributed by atoms with Crippen LogP contribution in [0.15, 0.2) is 52.0 Å². The maximum Gasteiger partial charge on any atom is 0.270 e. The number of nitro benzene ring substituents is 1. The Morgan fingerprint density at radius 3 is 2.42 bits per heavy atom. The molecule has 156 valence electrons. The first-order valence-electron chi connectivity index (χ1n) is 10.1. The van der Waals surface area contributed by atoms with Crippen molar-refractivity contribution in [1.82, 2.24) is 5.01 Å². The Kier molecular flexibility index (Phi) is 3.80. The molecule has 6 atom stereocenters. The van der Waals surface area contributed by atoms with Gasteiger partial charge in [-0.1, -0.05) is 23.8 Å². The fourth-order valence-electron chi connectivity index (χ4n) is 5.55. The number of carbonyl (C=O) groups excluding carboxylic acids is 2. The Bertz CT molecular complexity index is 1180. The molecule has 0 radical (unpaired) electrons. The number of rotatable bonds is 4. The van der Waals surface area contributed by atoms with Crippen molar-refractivity contribution in [3.05, 3.63) is 63.4 Å². The molecule has 1 aromatic carbocycles. The Labute approximate surface area is 181 Å². The Hall–Kier alpha value is -3.26. The van der Waals surface area contributed by atoms with Crippen molar-refractivity contribution in [3.63, 3.8) is 0 Å². The predicted molar refractivity (Wildman–Crippen MR) is 110 cm³/mol. The predicted octanol–water partition coefficient (Wildman–Crippen LogP) is 3.90. The third-order valence-corrected chi connectivity index (χ3v) is 7.32. The maximum atomic E-state index is 12.9. The highest BCUT2D eigenvalue weighted by molar-refractivity contribution is 6.33. The molecular weight excluding hydrogens is 422 g/mol. The van der Waals surface area contributed by atoms with Gasteiger partial charge in [0.1, 0.15) is 11.5 Å². The molecular formula is C22H16ClN3O5. The molecule has 1 aromatic heterocycles. The summed E-state index contributed by atoms with van der Waals surface area (Å²) in [4.78, 5) is 36.4. The standard InChI is InChI=1S/C22H16ClN3O5/c23-17-5-1-10(26(29)30)7-16(17)18-6-2-11(31-18)9-24-25-21(27)19-12-3-4-13(15-8-14(12)15)20(19)22(25)28/h1-7,9,12-15,19-20H,8H2/b24-9-/t12-,13-,14-,15-,19+,20+/m0/s1. The second-order valence-electron chi connectivity index (χ2n) is 8.51. The van der Waals surface area contributed by atoms with E-state index in [9.17, 15) is 19.7 Å². The number of carbonyl (C=O) groups is 2. The number of amides is 2. The van der Waals surface area contributed by atoms with Crippen LogP contribution in [0.4, 0.5) is 5.69 Å². The number of nitrogens with zero attached hydrogens (tertiary/aromatic N) is 3. The van der Waals surface area contributed by atoms with E-state index < -0.39 is 4.92 Å². The summed E-state index contributed by atoms with van der Waals surface area (Å²) in [6.45, 7) is 0. The zero-order chi connectivity index (χ0) is 21.4. The normalized spacial score (nSPS) is 32.6. The van der Waals surface area contributed by atoms with E-state index >= 15 is 0 Å². The van der Waals surface area contributed by atoms with Crippen LogP contribution in [0.5, 0.6) is 0 Å². The van der Waals surface area contributed by atoms with E-state index in [1.807, 2.05) is 0 Å². The molecule has 8 nitrogen and oxygen atoms in total. The number of hydrazone groups is 1. The van der Waals surface area contributed by atoms with Crippen LogP contribution in [-0.4, -0.2) is 28.0 Å². The molecule has 0 spiro atoms. The van der Waals surface area contributed by atoms with Gasteiger partial charge in [0.15, 0.2) is 0 Å². The van der Waals surface area contributed by atoms with Gasteiger partial charge >= 0.3 is 0 Å². The lowest BCUT2D eigenvalue weighted by molar-refractivity contribution is -0.384. The maximum absolute atomic E-state index is 12.9. The molecule has 2 bridgehead atoms. The number of allylic oxidation sites excluding steroid dienone is 2. The summed E-state index contributed by atoms with van der Waals surface area (Å²) in [6.07, 6.45) is 6.65. The summed E-state index contributed by atoms with van der Waals surface area (Å²) >= 11 is 6.16. The Balaban J connectivity index is 1.25. The second kappa shape index (κ2) is 6.37. The van der Waals surface area contributed by atoms with Crippen LogP contribution in [-0.2, 0) is 9.59 Å². The lowest BCUT2D eigenvalue weighted by Crippen LogP contribution is -2.40. The van der Waals surface area contributed by atoms with Crippen molar-refractivity contribution < 1.29 is 18.9 Å². The van der Waals surface area contributed by atoms with Crippen molar-refractivity contribution in [2.75, 3.05) is 0 Å². The number of nitro groups is 1. The summed E-state index contributed by atoms with van der Waals surface area (Å²) < 4.78 is 5.69. The minimum absolute atomic E-state index is 0.108. The van der Waals surface area contributed by atoms with Gasteiger partial charge in [0.05, 0.1) is 28.0 Å². The molecule has 5 aliphatic rings. The SMILES string of the molecule is O=C1[C@@H]2[C@H]3C=C[C@@H]([C@@H]4C[C@@H]34)[C@H]2C(=O)N1/N=C\c1ccc(-c2cc([N+](=O)[O-])ccc2Cl)o1. The van der Waals surface area contributed by atoms with Gasteiger partial charge in [-0.2, -0.15) is 10.1 Å². The summed E-state index contributed by atoms with van der Waals surface area (Å²) in [5, 5.41) is 16.5.